The highest BCUT2D eigenvalue weighted by Gasteiger charge is 2.23. The van der Waals surface area contributed by atoms with Crippen molar-refractivity contribution in [3.05, 3.63) is 33.7 Å². The molecule has 1 aromatic heterocycles. The SMILES string of the molecule is Cc1c(OC2CCCCO2)ccc2c(O)c(C(=O)O)c(=O)oc12. The van der Waals surface area contributed by atoms with E-state index in [1.807, 2.05) is 0 Å². The second-order valence-electron chi connectivity index (χ2n) is 5.40. The second-order valence-corrected chi connectivity index (χ2v) is 5.40. The first-order chi connectivity index (χ1) is 11.0. The molecule has 0 radical (unpaired) electrons. The highest BCUT2D eigenvalue weighted by molar-refractivity contribution is 5.98. The van der Waals surface area contributed by atoms with Crippen LogP contribution in [0.2, 0.25) is 0 Å². The van der Waals surface area contributed by atoms with Crippen LogP contribution in [-0.4, -0.2) is 29.1 Å². The summed E-state index contributed by atoms with van der Waals surface area (Å²) in [5.41, 5.74) is -1.27. The Kier molecular flexibility index (Phi) is 3.96. The van der Waals surface area contributed by atoms with Crippen LogP contribution in [0.1, 0.15) is 35.2 Å². The molecule has 1 saturated heterocycles. The van der Waals surface area contributed by atoms with Gasteiger partial charge in [-0.1, -0.05) is 0 Å². The van der Waals surface area contributed by atoms with Gasteiger partial charge in [0.25, 0.3) is 0 Å². The van der Waals surface area contributed by atoms with E-state index in [0.29, 0.717) is 17.9 Å². The van der Waals surface area contributed by atoms with Crippen molar-refractivity contribution in [1.82, 2.24) is 0 Å². The van der Waals surface area contributed by atoms with Gasteiger partial charge in [-0.05, 0) is 31.9 Å². The van der Waals surface area contributed by atoms with Crippen molar-refractivity contribution in [3.63, 3.8) is 0 Å². The summed E-state index contributed by atoms with van der Waals surface area (Å²) in [6, 6.07) is 3.06. The molecule has 0 spiro atoms. The number of fused-ring (bicyclic) bond motifs is 1. The van der Waals surface area contributed by atoms with Crippen LogP contribution in [-0.2, 0) is 4.74 Å². The lowest BCUT2D eigenvalue weighted by atomic mass is 10.1. The normalized spacial score (nSPS) is 18.0. The lowest BCUT2D eigenvalue weighted by Gasteiger charge is -2.24. The molecule has 122 valence electrons. The quantitative estimate of drug-likeness (QED) is 0.836. The van der Waals surface area contributed by atoms with Crippen LogP contribution < -0.4 is 10.4 Å². The third-order valence-corrected chi connectivity index (χ3v) is 3.86. The zero-order valence-corrected chi connectivity index (χ0v) is 12.5. The van der Waals surface area contributed by atoms with E-state index in [9.17, 15) is 14.7 Å². The molecule has 2 heterocycles. The summed E-state index contributed by atoms with van der Waals surface area (Å²) in [4.78, 5) is 22.8. The Labute approximate surface area is 131 Å². The average Bonchev–Trinajstić information content (AvgIpc) is 2.51. The number of hydrogen-bond donors (Lipinski definition) is 2. The number of aryl methyl sites for hydroxylation is 1. The largest absolute Gasteiger partial charge is 0.506 e. The molecule has 0 aliphatic carbocycles. The predicted octanol–water partition coefficient (Wildman–Crippen LogP) is 2.41. The molecule has 0 amide bonds. The van der Waals surface area contributed by atoms with Crippen molar-refractivity contribution >= 4 is 16.9 Å². The number of aromatic hydroxyl groups is 1. The van der Waals surface area contributed by atoms with E-state index in [2.05, 4.69) is 0 Å². The Morgan fingerprint density at radius 1 is 1.35 bits per heavy atom. The van der Waals surface area contributed by atoms with Gasteiger partial charge in [0.05, 0.1) is 12.0 Å². The Bertz CT molecular complexity index is 815. The fraction of sp³-hybridized carbons (Fsp3) is 0.375. The van der Waals surface area contributed by atoms with Gasteiger partial charge in [0.2, 0.25) is 0 Å². The average molecular weight is 320 g/mol. The van der Waals surface area contributed by atoms with Gasteiger partial charge in [-0.3, -0.25) is 0 Å². The first-order valence-corrected chi connectivity index (χ1v) is 7.30. The summed E-state index contributed by atoms with van der Waals surface area (Å²) >= 11 is 0. The molecule has 7 heteroatoms. The Morgan fingerprint density at radius 3 is 2.78 bits per heavy atom. The number of carboxylic acid groups (broad SMARTS) is 1. The van der Waals surface area contributed by atoms with Crippen LogP contribution in [0.4, 0.5) is 0 Å². The highest BCUT2D eigenvalue weighted by atomic mass is 16.7. The maximum absolute atomic E-state index is 11.8. The first kappa shape index (κ1) is 15.4. The van der Waals surface area contributed by atoms with E-state index in [1.165, 1.54) is 6.07 Å². The van der Waals surface area contributed by atoms with Gasteiger partial charge in [-0.15, -0.1) is 0 Å². The number of carboxylic acids is 1. The number of hydrogen-bond acceptors (Lipinski definition) is 6. The summed E-state index contributed by atoms with van der Waals surface area (Å²) in [5.74, 6) is -1.67. The molecule has 0 saturated carbocycles. The fourth-order valence-electron chi connectivity index (χ4n) is 2.63. The van der Waals surface area contributed by atoms with Crippen molar-refractivity contribution in [2.24, 2.45) is 0 Å². The van der Waals surface area contributed by atoms with E-state index >= 15 is 0 Å². The summed E-state index contributed by atoms with van der Waals surface area (Å²) in [5, 5.41) is 19.2. The van der Waals surface area contributed by atoms with Crippen LogP contribution >= 0.6 is 0 Å². The maximum Gasteiger partial charge on any atom is 0.354 e. The van der Waals surface area contributed by atoms with E-state index in [-0.39, 0.29) is 17.3 Å². The van der Waals surface area contributed by atoms with Gasteiger partial charge in [-0.25, -0.2) is 9.59 Å². The Morgan fingerprint density at radius 2 is 2.13 bits per heavy atom. The molecule has 2 aromatic rings. The second kappa shape index (κ2) is 5.92. The zero-order chi connectivity index (χ0) is 16.6. The van der Waals surface area contributed by atoms with Crippen molar-refractivity contribution in [2.45, 2.75) is 32.5 Å². The summed E-state index contributed by atoms with van der Waals surface area (Å²) in [6.07, 6.45) is 2.41. The highest BCUT2D eigenvalue weighted by Crippen LogP contribution is 2.34. The summed E-state index contributed by atoms with van der Waals surface area (Å²) in [6.45, 7) is 2.30. The molecule has 1 fully saturated rings. The minimum Gasteiger partial charge on any atom is -0.506 e. The molecule has 1 atom stereocenters. The third-order valence-electron chi connectivity index (χ3n) is 3.86. The molecule has 23 heavy (non-hydrogen) atoms. The van der Waals surface area contributed by atoms with Crippen molar-refractivity contribution in [1.29, 1.82) is 0 Å². The van der Waals surface area contributed by atoms with E-state index in [1.54, 1.807) is 13.0 Å². The van der Waals surface area contributed by atoms with Gasteiger partial charge in [0.1, 0.15) is 17.1 Å². The fourth-order valence-corrected chi connectivity index (χ4v) is 2.63. The molecule has 1 unspecified atom stereocenters. The molecule has 1 aliphatic heterocycles. The molecular weight excluding hydrogens is 304 g/mol. The van der Waals surface area contributed by atoms with Crippen LogP contribution in [0.15, 0.2) is 21.3 Å². The molecular formula is C16H16O7. The summed E-state index contributed by atoms with van der Waals surface area (Å²) in [7, 11) is 0. The van der Waals surface area contributed by atoms with Crippen molar-refractivity contribution in [3.8, 4) is 11.5 Å². The molecule has 3 rings (SSSR count). The van der Waals surface area contributed by atoms with Crippen LogP contribution in [0.25, 0.3) is 11.0 Å². The summed E-state index contributed by atoms with van der Waals surface area (Å²) < 4.78 is 16.4. The molecule has 1 aromatic carbocycles. The maximum atomic E-state index is 11.8. The standard InChI is InChI=1S/C16H16O7/c1-8-10(22-11-4-2-3-7-21-11)6-5-9-13(17)12(15(18)19)16(20)23-14(8)9/h5-6,11,17H,2-4,7H2,1H3,(H,18,19). The molecule has 2 N–H and O–H groups in total. The first-order valence-electron chi connectivity index (χ1n) is 7.30. The van der Waals surface area contributed by atoms with E-state index in [4.69, 9.17) is 19.0 Å². The lowest BCUT2D eigenvalue weighted by Crippen LogP contribution is -2.25. The number of carbonyl (C=O) groups is 1. The minimum absolute atomic E-state index is 0.103. The van der Waals surface area contributed by atoms with Crippen molar-refractivity contribution in [2.75, 3.05) is 6.61 Å². The van der Waals surface area contributed by atoms with Gasteiger partial charge >= 0.3 is 11.6 Å². The monoisotopic (exact) mass is 320 g/mol. The Hall–Kier alpha value is -2.54. The number of aromatic carboxylic acids is 1. The van der Waals surface area contributed by atoms with E-state index in [0.717, 1.165) is 19.3 Å². The number of ether oxygens (including phenoxy) is 2. The van der Waals surface area contributed by atoms with Crippen LogP contribution in [0.5, 0.6) is 11.5 Å². The molecule has 0 bridgehead atoms. The van der Waals surface area contributed by atoms with Gasteiger partial charge in [0.15, 0.2) is 11.9 Å². The van der Waals surface area contributed by atoms with Crippen LogP contribution in [0.3, 0.4) is 0 Å². The Balaban J connectivity index is 2.07. The minimum atomic E-state index is -1.54. The molecule has 7 nitrogen and oxygen atoms in total. The predicted molar refractivity (Wildman–Crippen MR) is 80.1 cm³/mol. The topological polar surface area (TPSA) is 106 Å². The third kappa shape index (κ3) is 2.75. The lowest BCUT2D eigenvalue weighted by molar-refractivity contribution is -0.106. The number of rotatable bonds is 3. The van der Waals surface area contributed by atoms with Gasteiger partial charge in [0, 0.05) is 12.0 Å². The number of benzene rings is 1. The van der Waals surface area contributed by atoms with Crippen molar-refractivity contribution < 1.29 is 28.9 Å². The van der Waals surface area contributed by atoms with Crippen LogP contribution in [0, 0.1) is 6.92 Å². The molecule has 1 aliphatic rings. The van der Waals surface area contributed by atoms with E-state index < -0.39 is 22.9 Å². The van der Waals surface area contributed by atoms with Gasteiger partial charge < -0.3 is 24.1 Å². The van der Waals surface area contributed by atoms with Gasteiger partial charge in [-0.2, -0.15) is 0 Å². The zero-order valence-electron chi connectivity index (χ0n) is 12.5. The smallest absolute Gasteiger partial charge is 0.354 e.